The summed E-state index contributed by atoms with van der Waals surface area (Å²) < 4.78 is 1.65. The standard InChI is InChI=1S/C11H14OTe/c1-11(2,3)10(12)13-9-7-5-4-6-8-9/h4-8H,1-3H3. The van der Waals surface area contributed by atoms with Gasteiger partial charge in [-0.1, -0.05) is 0 Å². The summed E-state index contributed by atoms with van der Waals surface area (Å²) in [7, 11) is 0. The summed E-state index contributed by atoms with van der Waals surface area (Å²) >= 11 is -0.648. The fourth-order valence-corrected chi connectivity index (χ4v) is 3.07. The van der Waals surface area contributed by atoms with E-state index >= 15 is 0 Å². The Morgan fingerprint density at radius 1 is 1.15 bits per heavy atom. The molecule has 0 aliphatic carbocycles. The average Bonchev–Trinajstić information content (AvgIpc) is 2.04. The zero-order valence-electron chi connectivity index (χ0n) is 8.20. The summed E-state index contributed by atoms with van der Waals surface area (Å²) in [6.07, 6.45) is 0. The van der Waals surface area contributed by atoms with Crippen molar-refractivity contribution in [2.75, 3.05) is 0 Å². The molecule has 1 aromatic rings. The molecule has 13 heavy (non-hydrogen) atoms. The fourth-order valence-electron chi connectivity index (χ4n) is 0.749. The molecule has 0 unspecified atom stereocenters. The molecule has 0 aliphatic heterocycles. The van der Waals surface area contributed by atoms with Gasteiger partial charge in [-0.3, -0.25) is 0 Å². The Balaban J connectivity index is 2.66. The van der Waals surface area contributed by atoms with Gasteiger partial charge >= 0.3 is 89.7 Å². The van der Waals surface area contributed by atoms with E-state index in [0.717, 1.165) is 0 Å². The van der Waals surface area contributed by atoms with E-state index in [1.165, 1.54) is 3.61 Å². The summed E-state index contributed by atoms with van der Waals surface area (Å²) in [5, 5.41) is 0. The van der Waals surface area contributed by atoms with E-state index in [4.69, 9.17) is 0 Å². The van der Waals surface area contributed by atoms with Gasteiger partial charge in [-0.05, 0) is 0 Å². The Bertz CT molecular complexity index is 285. The van der Waals surface area contributed by atoms with Gasteiger partial charge < -0.3 is 0 Å². The third kappa shape index (κ3) is 3.50. The number of benzene rings is 1. The molecule has 0 bridgehead atoms. The van der Waals surface area contributed by atoms with Crippen molar-refractivity contribution in [1.82, 2.24) is 0 Å². The van der Waals surface area contributed by atoms with Crippen LogP contribution in [0.1, 0.15) is 20.8 Å². The van der Waals surface area contributed by atoms with Crippen LogP contribution in [0.25, 0.3) is 0 Å². The molecule has 70 valence electrons. The maximum absolute atomic E-state index is 11.7. The zero-order chi connectivity index (χ0) is 9.90. The molecule has 0 N–H and O–H groups in total. The third-order valence-corrected chi connectivity index (χ3v) is 5.29. The molecule has 0 aliphatic rings. The van der Waals surface area contributed by atoms with E-state index in [-0.39, 0.29) is 5.41 Å². The van der Waals surface area contributed by atoms with Crippen molar-refractivity contribution >= 4 is 28.4 Å². The first-order chi connectivity index (χ1) is 6.00. The van der Waals surface area contributed by atoms with Crippen LogP contribution in [-0.4, -0.2) is 24.8 Å². The SMILES string of the molecule is CC(C)(C)C(=O)[Te]c1ccccc1. The van der Waals surface area contributed by atoms with Gasteiger partial charge in [0, 0.05) is 0 Å². The third-order valence-electron chi connectivity index (χ3n) is 1.57. The number of hydrogen-bond donors (Lipinski definition) is 0. The predicted octanol–water partition coefficient (Wildman–Crippen LogP) is 1.59. The van der Waals surface area contributed by atoms with Gasteiger partial charge in [0.25, 0.3) is 0 Å². The van der Waals surface area contributed by atoms with Gasteiger partial charge in [0.05, 0.1) is 0 Å². The van der Waals surface area contributed by atoms with Crippen molar-refractivity contribution in [1.29, 1.82) is 0 Å². The number of carbonyl (C=O) groups is 1. The molecule has 0 saturated heterocycles. The van der Waals surface area contributed by atoms with E-state index in [0.29, 0.717) is 3.83 Å². The van der Waals surface area contributed by atoms with Gasteiger partial charge in [-0.15, -0.1) is 0 Å². The molecule has 0 amide bonds. The summed E-state index contributed by atoms with van der Waals surface area (Å²) in [5.41, 5.74) is -0.169. The first-order valence-electron chi connectivity index (χ1n) is 4.27. The normalized spacial score (nSPS) is 11.3. The minimum absolute atomic E-state index is 0.169. The molecule has 0 heterocycles. The van der Waals surface area contributed by atoms with Crippen LogP contribution < -0.4 is 3.61 Å². The van der Waals surface area contributed by atoms with Crippen molar-refractivity contribution in [3.63, 3.8) is 0 Å². The average molecular weight is 290 g/mol. The predicted molar refractivity (Wildman–Crippen MR) is 56.3 cm³/mol. The van der Waals surface area contributed by atoms with Crippen LogP contribution in [0.3, 0.4) is 0 Å². The quantitative estimate of drug-likeness (QED) is 0.756. The Morgan fingerprint density at radius 3 is 2.15 bits per heavy atom. The summed E-state index contributed by atoms with van der Waals surface area (Å²) in [4.78, 5) is 11.7. The van der Waals surface area contributed by atoms with E-state index in [2.05, 4.69) is 0 Å². The summed E-state index contributed by atoms with van der Waals surface area (Å²) in [5.74, 6) is 0. The zero-order valence-corrected chi connectivity index (χ0v) is 10.5. The second kappa shape index (κ2) is 4.26. The Morgan fingerprint density at radius 2 is 1.69 bits per heavy atom. The van der Waals surface area contributed by atoms with Crippen LogP contribution in [-0.2, 0) is 4.79 Å². The van der Waals surface area contributed by atoms with Crippen molar-refractivity contribution in [2.24, 2.45) is 5.41 Å². The molecule has 1 nitrogen and oxygen atoms in total. The van der Waals surface area contributed by atoms with Gasteiger partial charge in [-0.2, -0.15) is 0 Å². The number of hydrogen-bond acceptors (Lipinski definition) is 1. The van der Waals surface area contributed by atoms with Gasteiger partial charge in [0.2, 0.25) is 0 Å². The molecule has 2 heteroatoms. The summed E-state index contributed by atoms with van der Waals surface area (Å²) in [6.45, 7) is 5.97. The summed E-state index contributed by atoms with van der Waals surface area (Å²) in [6, 6.07) is 10.1. The molecule has 0 saturated carbocycles. The van der Waals surface area contributed by atoms with Crippen molar-refractivity contribution in [3.05, 3.63) is 30.3 Å². The van der Waals surface area contributed by atoms with Crippen LogP contribution in [0, 0.1) is 5.41 Å². The van der Waals surface area contributed by atoms with Crippen LogP contribution >= 0.6 is 0 Å². The molecular weight excluding hydrogens is 276 g/mol. The maximum atomic E-state index is 11.7. The second-order valence-corrected chi connectivity index (χ2v) is 6.94. The van der Waals surface area contributed by atoms with Crippen molar-refractivity contribution < 1.29 is 4.79 Å². The van der Waals surface area contributed by atoms with E-state index in [9.17, 15) is 4.79 Å². The Kier molecular flexibility index (Phi) is 3.53. The molecular formula is C11H14OTe. The van der Waals surface area contributed by atoms with Crippen LogP contribution in [0.2, 0.25) is 0 Å². The Labute approximate surface area is 89.6 Å². The van der Waals surface area contributed by atoms with Gasteiger partial charge in [0.1, 0.15) is 0 Å². The minimum atomic E-state index is -0.648. The molecule has 1 rings (SSSR count). The first-order valence-corrected chi connectivity index (χ1v) is 6.60. The van der Waals surface area contributed by atoms with Gasteiger partial charge in [-0.25, -0.2) is 0 Å². The number of rotatable bonds is 2. The molecule has 0 spiro atoms. The molecule has 0 radical (unpaired) electrons. The topological polar surface area (TPSA) is 17.1 Å². The van der Waals surface area contributed by atoms with Crippen LogP contribution in [0.4, 0.5) is 0 Å². The first kappa shape index (κ1) is 10.8. The van der Waals surface area contributed by atoms with E-state index in [1.807, 2.05) is 51.1 Å². The fraction of sp³-hybridized carbons (Fsp3) is 0.364. The Hall–Kier alpha value is -0.320. The van der Waals surface area contributed by atoms with Crippen molar-refractivity contribution in [3.8, 4) is 0 Å². The number of carbonyl (C=O) groups excluding carboxylic acids is 1. The molecule has 0 aromatic heterocycles. The van der Waals surface area contributed by atoms with Crippen LogP contribution in [0.5, 0.6) is 0 Å². The molecule has 0 fully saturated rings. The van der Waals surface area contributed by atoms with E-state index in [1.54, 1.807) is 0 Å². The van der Waals surface area contributed by atoms with Crippen LogP contribution in [0.15, 0.2) is 30.3 Å². The van der Waals surface area contributed by atoms with Gasteiger partial charge in [0.15, 0.2) is 0 Å². The molecule has 1 aromatic carbocycles. The van der Waals surface area contributed by atoms with E-state index < -0.39 is 20.9 Å². The molecule has 0 atom stereocenters. The van der Waals surface area contributed by atoms with Crippen molar-refractivity contribution in [2.45, 2.75) is 20.8 Å². The second-order valence-electron chi connectivity index (χ2n) is 3.95. The monoisotopic (exact) mass is 292 g/mol.